The minimum atomic E-state index is -3.62. The number of carbonyl (C=O) groups is 1. The molecule has 0 saturated heterocycles. The van der Waals surface area contributed by atoms with Gasteiger partial charge in [-0.3, -0.25) is 9.10 Å². The summed E-state index contributed by atoms with van der Waals surface area (Å²) in [6.45, 7) is 6.02. The third-order valence-corrected chi connectivity index (χ3v) is 5.22. The molecule has 6 nitrogen and oxygen atoms in total. The highest BCUT2D eigenvalue weighted by Crippen LogP contribution is 2.24. The molecule has 0 aliphatic heterocycles. The highest BCUT2D eigenvalue weighted by molar-refractivity contribution is 7.92. The Morgan fingerprint density at radius 3 is 2.04 bits per heavy atom. The van der Waals surface area contributed by atoms with E-state index in [1.54, 1.807) is 24.3 Å². The molecule has 0 atom stereocenters. The molecule has 0 aliphatic carbocycles. The van der Waals surface area contributed by atoms with E-state index < -0.39 is 15.9 Å². The molecule has 27 heavy (non-hydrogen) atoms. The fourth-order valence-corrected chi connectivity index (χ4v) is 3.39. The van der Waals surface area contributed by atoms with Gasteiger partial charge < -0.3 is 10.1 Å². The SMILES string of the molecule is COc1ccc(N(CC(=O)Nc2ccc(C(C)(C)C)cc2)S(C)(=O)=O)cc1. The van der Waals surface area contributed by atoms with Crippen molar-refractivity contribution in [3.63, 3.8) is 0 Å². The lowest BCUT2D eigenvalue weighted by Gasteiger charge is -2.22. The molecule has 1 N–H and O–H groups in total. The van der Waals surface area contributed by atoms with Gasteiger partial charge in [-0.05, 0) is 47.4 Å². The zero-order chi connectivity index (χ0) is 20.2. The largest absolute Gasteiger partial charge is 0.497 e. The predicted octanol–water partition coefficient (Wildman–Crippen LogP) is 3.40. The fourth-order valence-electron chi connectivity index (χ4n) is 2.53. The first kappa shape index (κ1) is 20.8. The van der Waals surface area contributed by atoms with Crippen molar-refractivity contribution in [2.45, 2.75) is 26.2 Å². The van der Waals surface area contributed by atoms with E-state index in [9.17, 15) is 13.2 Å². The normalized spacial score (nSPS) is 11.7. The second-order valence-corrected chi connectivity index (χ2v) is 9.25. The molecule has 2 aromatic carbocycles. The standard InChI is InChI=1S/C20H26N2O4S/c1-20(2,3)15-6-8-16(9-7-15)21-19(23)14-22(27(5,24)25)17-10-12-18(26-4)13-11-17/h6-13H,14H2,1-5H3,(H,21,23). The van der Waals surface area contributed by atoms with Crippen LogP contribution in [-0.2, 0) is 20.2 Å². The van der Waals surface area contributed by atoms with Gasteiger partial charge >= 0.3 is 0 Å². The summed E-state index contributed by atoms with van der Waals surface area (Å²) in [4.78, 5) is 12.4. The van der Waals surface area contributed by atoms with Crippen LogP contribution in [0.2, 0.25) is 0 Å². The molecule has 0 fully saturated rings. The van der Waals surface area contributed by atoms with Gasteiger partial charge in [-0.2, -0.15) is 0 Å². The van der Waals surface area contributed by atoms with Gasteiger partial charge in [0.15, 0.2) is 0 Å². The Kier molecular flexibility index (Phi) is 6.15. The Bertz CT molecular complexity index is 883. The van der Waals surface area contributed by atoms with Crippen LogP contribution in [0, 0.1) is 0 Å². The molecular weight excluding hydrogens is 364 g/mol. The molecule has 146 valence electrons. The summed E-state index contributed by atoms with van der Waals surface area (Å²) in [6, 6.07) is 14.0. The van der Waals surface area contributed by atoms with Crippen molar-refractivity contribution in [2.24, 2.45) is 0 Å². The summed E-state index contributed by atoms with van der Waals surface area (Å²) < 4.78 is 30.4. The lowest BCUT2D eigenvalue weighted by atomic mass is 9.87. The Morgan fingerprint density at radius 1 is 1.04 bits per heavy atom. The predicted molar refractivity (Wildman–Crippen MR) is 109 cm³/mol. The molecule has 0 radical (unpaired) electrons. The first-order valence-electron chi connectivity index (χ1n) is 8.53. The van der Waals surface area contributed by atoms with Crippen molar-refractivity contribution >= 4 is 27.3 Å². The van der Waals surface area contributed by atoms with Crippen LogP contribution in [0.25, 0.3) is 0 Å². The summed E-state index contributed by atoms with van der Waals surface area (Å²) in [5.41, 5.74) is 2.19. The highest BCUT2D eigenvalue weighted by Gasteiger charge is 2.21. The molecule has 0 saturated carbocycles. The van der Waals surface area contributed by atoms with E-state index in [1.807, 2.05) is 24.3 Å². The zero-order valence-corrected chi connectivity index (χ0v) is 17.1. The third-order valence-electron chi connectivity index (χ3n) is 4.08. The van der Waals surface area contributed by atoms with Gasteiger partial charge in [0.25, 0.3) is 0 Å². The lowest BCUT2D eigenvalue weighted by Crippen LogP contribution is -2.37. The van der Waals surface area contributed by atoms with Gasteiger partial charge in [-0.1, -0.05) is 32.9 Å². The number of methoxy groups -OCH3 is 1. The fraction of sp³-hybridized carbons (Fsp3) is 0.350. The van der Waals surface area contributed by atoms with Gasteiger partial charge in [0.05, 0.1) is 19.1 Å². The maximum absolute atomic E-state index is 12.4. The quantitative estimate of drug-likeness (QED) is 0.820. The number of hydrogen-bond acceptors (Lipinski definition) is 4. The monoisotopic (exact) mass is 390 g/mol. The van der Waals surface area contributed by atoms with Crippen molar-refractivity contribution in [3.05, 3.63) is 54.1 Å². The van der Waals surface area contributed by atoms with Gasteiger partial charge in [0.2, 0.25) is 15.9 Å². The van der Waals surface area contributed by atoms with Crippen molar-refractivity contribution in [1.29, 1.82) is 0 Å². The maximum atomic E-state index is 12.4. The smallest absolute Gasteiger partial charge is 0.245 e. The molecule has 2 aromatic rings. The summed E-state index contributed by atoms with van der Waals surface area (Å²) >= 11 is 0. The van der Waals surface area contributed by atoms with Crippen molar-refractivity contribution < 1.29 is 17.9 Å². The van der Waals surface area contributed by atoms with E-state index >= 15 is 0 Å². The molecule has 0 heterocycles. The molecule has 7 heteroatoms. The maximum Gasteiger partial charge on any atom is 0.245 e. The summed E-state index contributed by atoms with van der Waals surface area (Å²) in [5.74, 6) is 0.190. The minimum absolute atomic E-state index is 0.0179. The number of benzene rings is 2. The van der Waals surface area contributed by atoms with Crippen LogP contribution in [0.1, 0.15) is 26.3 Å². The molecule has 0 aliphatic rings. The second-order valence-electron chi connectivity index (χ2n) is 7.34. The van der Waals surface area contributed by atoms with Crippen molar-refractivity contribution in [3.8, 4) is 5.75 Å². The number of nitrogens with one attached hydrogen (secondary N) is 1. The third kappa shape index (κ3) is 5.72. The van der Waals surface area contributed by atoms with E-state index in [1.165, 1.54) is 7.11 Å². The van der Waals surface area contributed by atoms with Crippen molar-refractivity contribution in [1.82, 2.24) is 0 Å². The number of nitrogens with zero attached hydrogens (tertiary/aromatic N) is 1. The van der Waals surface area contributed by atoms with Gasteiger partial charge in [-0.15, -0.1) is 0 Å². The first-order chi connectivity index (χ1) is 12.5. The van der Waals surface area contributed by atoms with E-state index in [0.717, 1.165) is 16.1 Å². The molecule has 0 unspecified atom stereocenters. The summed E-state index contributed by atoms with van der Waals surface area (Å²) in [6.07, 6.45) is 1.07. The number of ether oxygens (including phenoxy) is 1. The molecule has 1 amide bonds. The average Bonchev–Trinajstić information content (AvgIpc) is 2.58. The number of hydrogen-bond donors (Lipinski definition) is 1. The summed E-state index contributed by atoms with van der Waals surface area (Å²) in [7, 11) is -2.09. The zero-order valence-electron chi connectivity index (χ0n) is 16.3. The van der Waals surface area contributed by atoms with Crippen LogP contribution >= 0.6 is 0 Å². The lowest BCUT2D eigenvalue weighted by molar-refractivity contribution is -0.114. The Hall–Kier alpha value is -2.54. The minimum Gasteiger partial charge on any atom is -0.497 e. The Morgan fingerprint density at radius 2 is 1.59 bits per heavy atom. The molecule has 2 rings (SSSR count). The Labute approximate surface area is 161 Å². The molecule has 0 bridgehead atoms. The Balaban J connectivity index is 2.14. The van der Waals surface area contributed by atoms with Gasteiger partial charge in [0, 0.05) is 5.69 Å². The number of anilines is 2. The van der Waals surface area contributed by atoms with Crippen LogP contribution in [-0.4, -0.2) is 34.2 Å². The van der Waals surface area contributed by atoms with E-state index in [0.29, 0.717) is 17.1 Å². The van der Waals surface area contributed by atoms with E-state index in [2.05, 4.69) is 26.1 Å². The summed E-state index contributed by atoms with van der Waals surface area (Å²) in [5, 5.41) is 2.75. The number of sulfonamides is 1. The number of rotatable bonds is 6. The van der Waals surface area contributed by atoms with Crippen LogP contribution in [0.4, 0.5) is 11.4 Å². The molecule has 0 spiro atoms. The molecular formula is C20H26N2O4S. The van der Waals surface area contributed by atoms with Crippen LogP contribution in [0.3, 0.4) is 0 Å². The average molecular weight is 391 g/mol. The highest BCUT2D eigenvalue weighted by atomic mass is 32.2. The number of amides is 1. The van der Waals surface area contributed by atoms with Gasteiger partial charge in [-0.25, -0.2) is 8.42 Å². The van der Waals surface area contributed by atoms with Crippen LogP contribution < -0.4 is 14.4 Å². The topological polar surface area (TPSA) is 75.7 Å². The van der Waals surface area contributed by atoms with Crippen molar-refractivity contribution in [2.75, 3.05) is 29.5 Å². The second kappa shape index (κ2) is 8.00. The van der Waals surface area contributed by atoms with E-state index in [4.69, 9.17) is 4.74 Å². The van der Waals surface area contributed by atoms with Crippen LogP contribution in [0.5, 0.6) is 5.75 Å². The van der Waals surface area contributed by atoms with Crippen LogP contribution in [0.15, 0.2) is 48.5 Å². The first-order valence-corrected chi connectivity index (χ1v) is 10.4. The van der Waals surface area contributed by atoms with E-state index in [-0.39, 0.29) is 12.0 Å². The molecule has 0 aromatic heterocycles. The number of carbonyl (C=O) groups excluding carboxylic acids is 1. The van der Waals surface area contributed by atoms with Gasteiger partial charge in [0.1, 0.15) is 12.3 Å².